The first-order valence-corrected chi connectivity index (χ1v) is 13.1. The average Bonchev–Trinajstić information content (AvgIpc) is 2.94. The Bertz CT molecular complexity index is 1220. The Morgan fingerprint density at radius 2 is 1.49 bits per heavy atom. The fourth-order valence-electron chi connectivity index (χ4n) is 4.56. The minimum Gasteiger partial charge on any atom is -0.351 e. The fraction of sp³-hybridized carbons (Fsp3) is 0.258. The van der Waals surface area contributed by atoms with Gasteiger partial charge in [-0.25, -0.2) is 0 Å². The van der Waals surface area contributed by atoms with Crippen LogP contribution in [0.2, 0.25) is 5.02 Å². The van der Waals surface area contributed by atoms with Crippen LogP contribution in [0.15, 0.2) is 91.0 Å². The quantitative estimate of drug-likeness (QED) is 0.278. The summed E-state index contributed by atoms with van der Waals surface area (Å²) < 4.78 is 0. The van der Waals surface area contributed by atoms with E-state index in [1.54, 1.807) is 60.7 Å². The van der Waals surface area contributed by atoms with Crippen molar-refractivity contribution in [2.24, 2.45) is 0 Å². The SMILES string of the molecule is O=C(C(=O)N(Cc1ccc(Cl)cc1)C(/C=C/c1ccccc1)C(=O)NC1CCCCC1)c1ccccc1. The van der Waals surface area contributed by atoms with E-state index in [0.29, 0.717) is 5.02 Å². The molecule has 1 unspecified atom stereocenters. The molecule has 0 aromatic heterocycles. The van der Waals surface area contributed by atoms with Crippen molar-refractivity contribution < 1.29 is 14.4 Å². The molecule has 0 heterocycles. The molecule has 0 bridgehead atoms. The van der Waals surface area contributed by atoms with E-state index >= 15 is 0 Å². The first kappa shape index (κ1) is 26.4. The van der Waals surface area contributed by atoms with Crippen molar-refractivity contribution in [1.29, 1.82) is 0 Å². The van der Waals surface area contributed by atoms with Crippen LogP contribution in [0, 0.1) is 0 Å². The van der Waals surface area contributed by atoms with Crippen LogP contribution in [0.3, 0.4) is 0 Å². The number of amides is 2. The highest BCUT2D eigenvalue weighted by molar-refractivity contribution is 6.43. The third kappa shape index (κ3) is 7.40. The topological polar surface area (TPSA) is 66.5 Å². The normalized spacial score (nSPS) is 14.7. The molecule has 1 aliphatic carbocycles. The number of rotatable bonds is 9. The zero-order valence-corrected chi connectivity index (χ0v) is 21.4. The van der Waals surface area contributed by atoms with E-state index in [-0.39, 0.29) is 24.1 Å². The molecular formula is C31H31ClN2O3. The lowest BCUT2D eigenvalue weighted by atomic mass is 9.95. The second kappa shape index (κ2) is 13.0. The van der Waals surface area contributed by atoms with Crippen molar-refractivity contribution in [3.8, 4) is 0 Å². The van der Waals surface area contributed by atoms with E-state index in [1.165, 1.54) is 4.90 Å². The van der Waals surface area contributed by atoms with E-state index in [2.05, 4.69) is 5.32 Å². The molecule has 37 heavy (non-hydrogen) atoms. The number of nitrogens with zero attached hydrogens (tertiary/aromatic N) is 1. The van der Waals surface area contributed by atoms with Gasteiger partial charge in [0.1, 0.15) is 6.04 Å². The molecule has 1 fully saturated rings. The standard InChI is InChI=1S/C31H31ClN2O3/c32-26-19-16-24(17-20-26)22-34(31(37)29(35)25-12-6-2-7-13-25)28(21-18-23-10-4-1-5-11-23)30(36)33-27-14-8-3-9-15-27/h1-2,4-7,10-13,16-21,27-28H,3,8-9,14-15,22H2,(H,33,36)/b21-18+. The van der Waals surface area contributed by atoms with E-state index in [4.69, 9.17) is 11.6 Å². The zero-order chi connectivity index (χ0) is 26.0. The van der Waals surface area contributed by atoms with Gasteiger partial charge in [0.05, 0.1) is 0 Å². The first-order chi connectivity index (χ1) is 18.0. The number of ketones is 1. The molecular weight excluding hydrogens is 484 g/mol. The molecule has 1 N–H and O–H groups in total. The van der Waals surface area contributed by atoms with Crippen LogP contribution < -0.4 is 5.32 Å². The highest BCUT2D eigenvalue weighted by Crippen LogP contribution is 2.20. The van der Waals surface area contributed by atoms with E-state index < -0.39 is 17.7 Å². The summed E-state index contributed by atoms with van der Waals surface area (Å²) in [6.45, 7) is 0.0798. The Hall–Kier alpha value is -3.70. The van der Waals surface area contributed by atoms with Crippen LogP contribution >= 0.6 is 11.6 Å². The number of hydrogen-bond acceptors (Lipinski definition) is 3. The maximum Gasteiger partial charge on any atom is 0.296 e. The molecule has 0 radical (unpaired) electrons. The lowest BCUT2D eigenvalue weighted by Gasteiger charge is -2.31. The summed E-state index contributed by atoms with van der Waals surface area (Å²) in [4.78, 5) is 42.0. The summed E-state index contributed by atoms with van der Waals surface area (Å²) in [5.74, 6) is -1.68. The number of hydrogen-bond donors (Lipinski definition) is 1. The number of carbonyl (C=O) groups is 3. The fourth-order valence-corrected chi connectivity index (χ4v) is 4.69. The summed E-state index contributed by atoms with van der Waals surface area (Å²) >= 11 is 6.07. The average molecular weight is 515 g/mol. The molecule has 4 rings (SSSR count). The summed E-state index contributed by atoms with van der Waals surface area (Å²) in [5.41, 5.74) is 1.94. The summed E-state index contributed by atoms with van der Waals surface area (Å²) in [7, 11) is 0. The van der Waals surface area contributed by atoms with Gasteiger partial charge in [0.15, 0.2) is 0 Å². The van der Waals surface area contributed by atoms with Crippen LogP contribution in [-0.4, -0.2) is 34.6 Å². The molecule has 190 valence electrons. The molecule has 0 saturated heterocycles. The Morgan fingerprint density at radius 3 is 2.14 bits per heavy atom. The van der Waals surface area contributed by atoms with Crippen molar-refractivity contribution in [2.45, 2.75) is 50.7 Å². The number of Topliss-reactive ketones (excluding diaryl/α,β-unsaturated/α-hetero) is 1. The van der Waals surface area contributed by atoms with Crippen LogP contribution in [0.25, 0.3) is 6.08 Å². The lowest BCUT2D eigenvalue weighted by molar-refractivity contribution is -0.136. The van der Waals surface area contributed by atoms with Crippen LogP contribution in [-0.2, 0) is 16.1 Å². The number of carbonyl (C=O) groups excluding carboxylic acids is 3. The smallest absolute Gasteiger partial charge is 0.296 e. The molecule has 1 atom stereocenters. The summed E-state index contributed by atoms with van der Waals surface area (Å²) in [5, 5.41) is 3.71. The lowest BCUT2D eigenvalue weighted by Crippen LogP contribution is -2.52. The van der Waals surface area contributed by atoms with Gasteiger partial charge in [0.25, 0.3) is 5.91 Å². The third-order valence-electron chi connectivity index (χ3n) is 6.58. The van der Waals surface area contributed by atoms with Crippen molar-refractivity contribution in [3.05, 3.63) is 113 Å². The minimum atomic E-state index is -0.974. The van der Waals surface area contributed by atoms with Gasteiger partial charge >= 0.3 is 0 Å². The minimum absolute atomic E-state index is 0.0613. The third-order valence-corrected chi connectivity index (χ3v) is 6.84. The predicted octanol–water partition coefficient (Wildman–Crippen LogP) is 6.08. The second-order valence-electron chi connectivity index (χ2n) is 9.31. The van der Waals surface area contributed by atoms with Crippen LogP contribution in [0.1, 0.15) is 53.6 Å². The van der Waals surface area contributed by atoms with Gasteiger partial charge in [0.2, 0.25) is 11.7 Å². The molecule has 6 heteroatoms. The Morgan fingerprint density at radius 1 is 0.865 bits per heavy atom. The van der Waals surface area contributed by atoms with Crippen LogP contribution in [0.5, 0.6) is 0 Å². The van der Waals surface area contributed by atoms with Gasteiger partial charge in [-0.3, -0.25) is 14.4 Å². The predicted molar refractivity (Wildman–Crippen MR) is 147 cm³/mol. The Balaban J connectivity index is 1.69. The van der Waals surface area contributed by atoms with Crippen LogP contribution in [0.4, 0.5) is 0 Å². The van der Waals surface area contributed by atoms with E-state index in [1.807, 2.05) is 36.4 Å². The Kier molecular flexibility index (Phi) is 9.28. The highest BCUT2D eigenvalue weighted by Gasteiger charge is 2.33. The summed E-state index contributed by atoms with van der Waals surface area (Å²) in [6, 6.07) is 24.2. The highest BCUT2D eigenvalue weighted by atomic mass is 35.5. The molecule has 2 amide bonds. The monoisotopic (exact) mass is 514 g/mol. The second-order valence-corrected chi connectivity index (χ2v) is 9.75. The molecule has 1 saturated carbocycles. The van der Waals surface area contributed by atoms with Gasteiger partial charge in [-0.15, -0.1) is 0 Å². The maximum absolute atomic E-state index is 13.7. The first-order valence-electron chi connectivity index (χ1n) is 12.7. The number of benzene rings is 3. The molecule has 3 aromatic rings. The number of halogens is 1. The van der Waals surface area contributed by atoms with Crippen molar-refractivity contribution in [1.82, 2.24) is 10.2 Å². The van der Waals surface area contributed by atoms with Crippen molar-refractivity contribution in [3.63, 3.8) is 0 Å². The van der Waals surface area contributed by atoms with Gasteiger partial charge in [-0.05, 0) is 36.1 Å². The largest absolute Gasteiger partial charge is 0.351 e. The molecule has 5 nitrogen and oxygen atoms in total. The van der Waals surface area contributed by atoms with Gasteiger partial charge in [-0.2, -0.15) is 0 Å². The molecule has 0 aliphatic heterocycles. The van der Waals surface area contributed by atoms with Crippen molar-refractivity contribution in [2.75, 3.05) is 0 Å². The van der Waals surface area contributed by atoms with Gasteiger partial charge in [0, 0.05) is 23.2 Å². The zero-order valence-electron chi connectivity index (χ0n) is 20.7. The molecule has 0 spiro atoms. The van der Waals surface area contributed by atoms with E-state index in [0.717, 1.165) is 43.2 Å². The van der Waals surface area contributed by atoms with E-state index in [9.17, 15) is 14.4 Å². The molecule has 3 aromatic carbocycles. The van der Waals surface area contributed by atoms with Gasteiger partial charge < -0.3 is 10.2 Å². The molecule has 1 aliphatic rings. The van der Waals surface area contributed by atoms with Crippen molar-refractivity contribution >= 4 is 35.3 Å². The Labute approximate surface area is 223 Å². The summed E-state index contributed by atoms with van der Waals surface area (Å²) in [6.07, 6.45) is 8.64. The maximum atomic E-state index is 13.7. The van der Waals surface area contributed by atoms with Gasteiger partial charge in [-0.1, -0.05) is 116 Å². The number of nitrogens with one attached hydrogen (secondary N) is 1.